The van der Waals surface area contributed by atoms with Crippen LogP contribution in [0, 0.1) is 5.82 Å². The number of hydrogen-bond donors (Lipinski definition) is 1. The molecule has 0 bridgehead atoms. The minimum Gasteiger partial charge on any atom is -0.381 e. The summed E-state index contributed by atoms with van der Waals surface area (Å²) >= 11 is 0. The number of nitrogens with one attached hydrogen (secondary N) is 1. The fourth-order valence-corrected chi connectivity index (χ4v) is 3.61. The zero-order valence-electron chi connectivity index (χ0n) is 13.4. The molecular weight excluding hydrogens is 319 g/mol. The van der Waals surface area contributed by atoms with Gasteiger partial charge in [-0.15, -0.1) is 12.4 Å². The Hall–Kier alpha value is -1.17. The van der Waals surface area contributed by atoms with Crippen molar-refractivity contribution >= 4 is 18.3 Å². The van der Waals surface area contributed by atoms with Crippen LogP contribution in [0.5, 0.6) is 0 Å². The largest absolute Gasteiger partial charge is 0.381 e. The smallest absolute Gasteiger partial charge is 0.233 e. The lowest BCUT2D eigenvalue weighted by Crippen LogP contribution is -2.52. The van der Waals surface area contributed by atoms with Gasteiger partial charge in [0.25, 0.3) is 0 Å². The molecule has 1 atom stereocenters. The van der Waals surface area contributed by atoms with Crippen LogP contribution in [0.25, 0.3) is 0 Å². The number of ether oxygens (including phenoxy) is 1. The highest BCUT2D eigenvalue weighted by atomic mass is 35.5. The van der Waals surface area contributed by atoms with Crippen molar-refractivity contribution in [3.8, 4) is 0 Å². The molecule has 2 aliphatic heterocycles. The molecule has 1 N–H and O–H groups in total. The van der Waals surface area contributed by atoms with E-state index in [2.05, 4.69) is 5.32 Å². The molecule has 128 valence electrons. The summed E-state index contributed by atoms with van der Waals surface area (Å²) in [7, 11) is 1.87. The Kier molecular flexibility index (Phi) is 6.00. The Morgan fingerprint density at radius 2 is 2.13 bits per heavy atom. The van der Waals surface area contributed by atoms with Crippen molar-refractivity contribution in [2.45, 2.75) is 30.7 Å². The summed E-state index contributed by atoms with van der Waals surface area (Å²) in [5.41, 5.74) is 0.121. The number of carbonyl (C=O) groups excluding carboxylic acids is 1. The van der Waals surface area contributed by atoms with Crippen LogP contribution in [0.15, 0.2) is 24.3 Å². The number of benzene rings is 1. The number of halogens is 2. The van der Waals surface area contributed by atoms with Gasteiger partial charge in [0.2, 0.25) is 5.91 Å². The number of nitrogens with zero attached hydrogens (tertiary/aromatic N) is 1. The van der Waals surface area contributed by atoms with Crippen LogP contribution in [0.2, 0.25) is 0 Å². The average molecular weight is 343 g/mol. The fourth-order valence-electron chi connectivity index (χ4n) is 3.61. The molecule has 2 heterocycles. The molecule has 23 heavy (non-hydrogen) atoms. The molecule has 2 saturated heterocycles. The third-order valence-corrected chi connectivity index (χ3v) is 5.04. The van der Waals surface area contributed by atoms with Gasteiger partial charge < -0.3 is 15.0 Å². The molecule has 0 spiro atoms. The van der Waals surface area contributed by atoms with Crippen molar-refractivity contribution in [3.63, 3.8) is 0 Å². The van der Waals surface area contributed by atoms with Crippen molar-refractivity contribution in [3.05, 3.63) is 35.6 Å². The standard InChI is InChI=1S/C17H23FN2O2.ClH/c1-20(15-5-8-19-12-15)16(21)17(6-9-22-10-7-17)13-3-2-4-14(18)11-13;/h2-4,11,15,19H,5-10,12H2,1H3;1H. The van der Waals surface area contributed by atoms with Crippen molar-refractivity contribution < 1.29 is 13.9 Å². The molecule has 3 rings (SSSR count). The molecule has 6 heteroatoms. The van der Waals surface area contributed by atoms with Gasteiger partial charge in [0.15, 0.2) is 0 Å². The Bertz CT molecular complexity index is 543. The Morgan fingerprint density at radius 1 is 1.39 bits per heavy atom. The highest BCUT2D eigenvalue weighted by Crippen LogP contribution is 2.37. The molecule has 4 nitrogen and oxygen atoms in total. The zero-order valence-corrected chi connectivity index (χ0v) is 14.2. The molecule has 0 radical (unpaired) electrons. The van der Waals surface area contributed by atoms with E-state index >= 15 is 0 Å². The Labute approximate surface area is 142 Å². The van der Waals surface area contributed by atoms with Crippen molar-refractivity contribution in [2.24, 2.45) is 0 Å². The molecule has 1 unspecified atom stereocenters. The second-order valence-electron chi connectivity index (χ2n) is 6.27. The van der Waals surface area contributed by atoms with Crippen LogP contribution in [0.3, 0.4) is 0 Å². The maximum absolute atomic E-state index is 13.7. The van der Waals surface area contributed by atoms with E-state index in [1.807, 2.05) is 18.0 Å². The molecular formula is C17H24ClFN2O2. The van der Waals surface area contributed by atoms with Crippen LogP contribution >= 0.6 is 12.4 Å². The predicted octanol–water partition coefficient (Wildman–Crippen LogP) is 2.12. The first-order valence-corrected chi connectivity index (χ1v) is 7.95. The van der Waals surface area contributed by atoms with Crippen LogP contribution in [0.4, 0.5) is 4.39 Å². The van der Waals surface area contributed by atoms with E-state index in [1.165, 1.54) is 12.1 Å². The minimum atomic E-state index is -0.655. The quantitative estimate of drug-likeness (QED) is 0.914. The Morgan fingerprint density at radius 3 is 2.74 bits per heavy atom. The number of likely N-dealkylation sites (N-methyl/N-ethyl adjacent to an activating group) is 1. The predicted molar refractivity (Wildman–Crippen MR) is 89.4 cm³/mol. The summed E-state index contributed by atoms with van der Waals surface area (Å²) in [6.07, 6.45) is 2.19. The second kappa shape index (κ2) is 7.60. The van der Waals surface area contributed by atoms with E-state index in [4.69, 9.17) is 4.74 Å². The minimum absolute atomic E-state index is 0. The van der Waals surface area contributed by atoms with Gasteiger partial charge >= 0.3 is 0 Å². The lowest BCUT2D eigenvalue weighted by atomic mass is 9.72. The van der Waals surface area contributed by atoms with Gasteiger partial charge in [-0.1, -0.05) is 12.1 Å². The lowest BCUT2D eigenvalue weighted by molar-refractivity contribution is -0.141. The number of rotatable bonds is 3. The van der Waals surface area contributed by atoms with Gasteiger partial charge in [0.1, 0.15) is 5.82 Å². The van der Waals surface area contributed by atoms with E-state index in [0.29, 0.717) is 26.1 Å². The molecule has 2 fully saturated rings. The number of carbonyl (C=O) groups is 1. The van der Waals surface area contributed by atoms with Gasteiger partial charge in [-0.25, -0.2) is 4.39 Å². The van der Waals surface area contributed by atoms with Crippen molar-refractivity contribution in [1.82, 2.24) is 10.2 Å². The molecule has 1 aromatic rings. The molecule has 1 amide bonds. The van der Waals surface area contributed by atoms with E-state index in [1.54, 1.807) is 6.07 Å². The van der Waals surface area contributed by atoms with E-state index in [-0.39, 0.29) is 30.2 Å². The summed E-state index contributed by atoms with van der Waals surface area (Å²) in [5.74, 6) is -0.198. The number of amides is 1. The summed E-state index contributed by atoms with van der Waals surface area (Å²) in [5, 5.41) is 3.29. The van der Waals surface area contributed by atoms with E-state index in [0.717, 1.165) is 25.1 Å². The first-order chi connectivity index (χ1) is 10.6. The van der Waals surface area contributed by atoms with Gasteiger partial charge in [-0.2, -0.15) is 0 Å². The zero-order chi connectivity index (χ0) is 15.6. The van der Waals surface area contributed by atoms with Crippen LogP contribution in [0.1, 0.15) is 24.8 Å². The Balaban J connectivity index is 0.00000192. The third kappa shape index (κ3) is 3.52. The van der Waals surface area contributed by atoms with Crippen LogP contribution < -0.4 is 5.32 Å². The summed E-state index contributed by atoms with van der Waals surface area (Å²) in [6.45, 7) is 2.86. The highest BCUT2D eigenvalue weighted by Gasteiger charge is 2.44. The summed E-state index contributed by atoms with van der Waals surface area (Å²) < 4.78 is 19.1. The number of hydrogen-bond acceptors (Lipinski definition) is 3. The first kappa shape index (κ1) is 18.2. The second-order valence-corrected chi connectivity index (χ2v) is 6.27. The van der Waals surface area contributed by atoms with Gasteiger partial charge in [-0.05, 0) is 43.5 Å². The normalized spacial score (nSPS) is 23.1. The summed E-state index contributed by atoms with van der Waals surface area (Å²) in [4.78, 5) is 15.1. The molecule has 1 aromatic carbocycles. The third-order valence-electron chi connectivity index (χ3n) is 5.04. The fraction of sp³-hybridized carbons (Fsp3) is 0.588. The van der Waals surface area contributed by atoms with Crippen molar-refractivity contribution in [1.29, 1.82) is 0 Å². The van der Waals surface area contributed by atoms with Gasteiger partial charge in [-0.3, -0.25) is 4.79 Å². The van der Waals surface area contributed by atoms with Gasteiger partial charge in [0.05, 0.1) is 5.41 Å². The first-order valence-electron chi connectivity index (χ1n) is 7.95. The van der Waals surface area contributed by atoms with E-state index in [9.17, 15) is 9.18 Å². The monoisotopic (exact) mass is 342 g/mol. The summed E-state index contributed by atoms with van der Waals surface area (Å²) in [6, 6.07) is 6.70. The van der Waals surface area contributed by atoms with Crippen LogP contribution in [-0.4, -0.2) is 50.2 Å². The SMILES string of the molecule is CN(C(=O)C1(c2cccc(F)c2)CCOCC1)C1CCNC1.Cl. The highest BCUT2D eigenvalue weighted by molar-refractivity contribution is 5.88. The molecule has 0 aliphatic carbocycles. The van der Waals surface area contributed by atoms with E-state index < -0.39 is 5.41 Å². The topological polar surface area (TPSA) is 41.6 Å². The maximum Gasteiger partial charge on any atom is 0.233 e. The average Bonchev–Trinajstić information content (AvgIpc) is 3.08. The molecule has 0 aromatic heterocycles. The maximum atomic E-state index is 13.7. The van der Waals surface area contributed by atoms with Crippen LogP contribution in [-0.2, 0) is 14.9 Å². The molecule has 2 aliphatic rings. The lowest BCUT2D eigenvalue weighted by Gasteiger charge is -2.40. The van der Waals surface area contributed by atoms with Crippen molar-refractivity contribution in [2.75, 3.05) is 33.4 Å². The molecule has 0 saturated carbocycles. The van der Waals surface area contributed by atoms with Gasteiger partial charge in [0, 0.05) is 32.8 Å².